The maximum atomic E-state index is 14.0. The van der Waals surface area contributed by atoms with E-state index in [1.54, 1.807) is 17.4 Å². The van der Waals surface area contributed by atoms with E-state index in [4.69, 9.17) is 0 Å². The van der Waals surface area contributed by atoms with E-state index < -0.39 is 0 Å². The van der Waals surface area contributed by atoms with E-state index in [0.717, 1.165) is 55.8 Å². The first-order chi connectivity index (χ1) is 12.6. The molecule has 1 aliphatic heterocycles. The predicted molar refractivity (Wildman–Crippen MR) is 107 cm³/mol. The van der Waals surface area contributed by atoms with Crippen molar-refractivity contribution < 1.29 is 4.39 Å². The Labute approximate surface area is 158 Å². The van der Waals surface area contributed by atoms with Crippen LogP contribution in [-0.2, 0) is 6.42 Å². The lowest BCUT2D eigenvalue weighted by Crippen LogP contribution is -2.53. The molecular formula is C19H26FN5S. The van der Waals surface area contributed by atoms with Gasteiger partial charge in [-0.3, -0.25) is 4.99 Å². The molecule has 26 heavy (non-hydrogen) atoms. The molecule has 7 heteroatoms. The molecule has 5 nitrogen and oxygen atoms in total. The van der Waals surface area contributed by atoms with Crippen molar-refractivity contribution in [3.8, 4) is 0 Å². The van der Waals surface area contributed by atoms with Crippen LogP contribution in [-0.4, -0.2) is 55.6 Å². The fraction of sp³-hybridized carbons (Fsp3) is 0.474. The van der Waals surface area contributed by atoms with Crippen molar-refractivity contribution in [3.05, 3.63) is 45.7 Å². The molecule has 0 unspecified atom stereocenters. The standard InChI is InChI=1S/C19H26FN5S/c1-14-18(26-15(2)23-14)8-9-22-19(21-3)25-12-10-24(11-13-25)17-7-5-4-6-16(17)20/h4-7H,8-13H2,1-3H3,(H,21,22). The van der Waals surface area contributed by atoms with Crippen molar-refractivity contribution in [1.82, 2.24) is 15.2 Å². The highest BCUT2D eigenvalue weighted by atomic mass is 32.1. The highest BCUT2D eigenvalue weighted by molar-refractivity contribution is 7.11. The van der Waals surface area contributed by atoms with Gasteiger partial charge in [0.2, 0.25) is 0 Å². The normalized spacial score (nSPS) is 15.5. The third-order valence-electron chi connectivity index (χ3n) is 4.62. The molecule has 1 aliphatic rings. The molecular weight excluding hydrogens is 349 g/mol. The number of nitrogens with one attached hydrogen (secondary N) is 1. The topological polar surface area (TPSA) is 43.8 Å². The van der Waals surface area contributed by atoms with Crippen molar-refractivity contribution in [2.45, 2.75) is 20.3 Å². The zero-order valence-electron chi connectivity index (χ0n) is 15.6. The van der Waals surface area contributed by atoms with E-state index in [9.17, 15) is 4.39 Å². The van der Waals surface area contributed by atoms with Crippen LogP contribution in [0.2, 0.25) is 0 Å². The van der Waals surface area contributed by atoms with Crippen LogP contribution in [0.5, 0.6) is 0 Å². The van der Waals surface area contributed by atoms with Crippen molar-refractivity contribution in [2.24, 2.45) is 4.99 Å². The number of halogens is 1. The lowest BCUT2D eigenvalue weighted by Gasteiger charge is -2.37. The van der Waals surface area contributed by atoms with Crippen molar-refractivity contribution in [3.63, 3.8) is 0 Å². The predicted octanol–water partition coefficient (Wildman–Crippen LogP) is 2.84. The van der Waals surface area contributed by atoms with Crippen molar-refractivity contribution >= 4 is 23.0 Å². The molecule has 1 saturated heterocycles. The first kappa shape index (κ1) is 18.6. The second kappa shape index (κ2) is 8.49. The Bertz CT molecular complexity index is 765. The third-order valence-corrected chi connectivity index (χ3v) is 5.75. The second-order valence-corrected chi connectivity index (χ2v) is 7.68. The second-order valence-electron chi connectivity index (χ2n) is 6.39. The summed E-state index contributed by atoms with van der Waals surface area (Å²) in [6, 6.07) is 6.98. The lowest BCUT2D eigenvalue weighted by atomic mass is 10.2. The van der Waals surface area contributed by atoms with E-state index in [1.807, 2.05) is 26.1 Å². The van der Waals surface area contributed by atoms with E-state index in [2.05, 4.69) is 32.0 Å². The number of aromatic nitrogens is 1. The summed E-state index contributed by atoms with van der Waals surface area (Å²) >= 11 is 1.76. The Morgan fingerprint density at radius 1 is 1.23 bits per heavy atom. The van der Waals surface area contributed by atoms with Gasteiger partial charge in [-0.2, -0.15) is 0 Å². The number of rotatable bonds is 4. The number of nitrogens with zero attached hydrogens (tertiary/aromatic N) is 4. The molecule has 1 aromatic carbocycles. The van der Waals surface area contributed by atoms with Crippen LogP contribution in [0.4, 0.5) is 10.1 Å². The summed E-state index contributed by atoms with van der Waals surface area (Å²) in [5, 5.41) is 4.57. The van der Waals surface area contributed by atoms with Gasteiger partial charge in [0.15, 0.2) is 5.96 Å². The summed E-state index contributed by atoms with van der Waals surface area (Å²) in [7, 11) is 1.81. The smallest absolute Gasteiger partial charge is 0.193 e. The molecule has 2 heterocycles. The fourth-order valence-electron chi connectivity index (χ4n) is 3.29. The lowest BCUT2D eigenvalue weighted by molar-refractivity contribution is 0.371. The molecule has 1 fully saturated rings. The summed E-state index contributed by atoms with van der Waals surface area (Å²) in [5.41, 5.74) is 1.81. The van der Waals surface area contributed by atoms with Gasteiger partial charge in [-0.1, -0.05) is 12.1 Å². The Morgan fingerprint density at radius 3 is 2.58 bits per heavy atom. The van der Waals surface area contributed by atoms with Gasteiger partial charge in [0, 0.05) is 51.1 Å². The fourth-order valence-corrected chi connectivity index (χ4v) is 4.23. The summed E-state index contributed by atoms with van der Waals surface area (Å²) in [6.45, 7) is 8.17. The number of benzene rings is 1. The van der Waals surface area contributed by atoms with Crippen LogP contribution in [0.3, 0.4) is 0 Å². The molecule has 1 aromatic heterocycles. The Hall–Kier alpha value is -2.15. The number of para-hydroxylation sites is 1. The van der Waals surface area contributed by atoms with Gasteiger partial charge in [-0.15, -0.1) is 11.3 Å². The molecule has 0 spiro atoms. The van der Waals surface area contributed by atoms with Gasteiger partial charge < -0.3 is 15.1 Å². The van der Waals surface area contributed by atoms with Crippen LogP contribution in [0.25, 0.3) is 0 Å². The van der Waals surface area contributed by atoms with Crippen LogP contribution in [0.1, 0.15) is 15.6 Å². The molecule has 140 valence electrons. The monoisotopic (exact) mass is 375 g/mol. The number of anilines is 1. The molecule has 1 N–H and O–H groups in total. The van der Waals surface area contributed by atoms with Gasteiger partial charge in [-0.25, -0.2) is 9.37 Å². The quantitative estimate of drug-likeness (QED) is 0.659. The molecule has 2 aromatic rings. The first-order valence-electron chi connectivity index (χ1n) is 8.96. The summed E-state index contributed by atoms with van der Waals surface area (Å²) < 4.78 is 14.0. The first-order valence-corrected chi connectivity index (χ1v) is 9.78. The molecule has 0 radical (unpaired) electrons. The minimum absolute atomic E-state index is 0.154. The SMILES string of the molecule is CN=C(NCCc1sc(C)nc1C)N1CCN(c2ccccc2F)CC1. The minimum Gasteiger partial charge on any atom is -0.366 e. The Balaban J connectivity index is 1.51. The molecule has 0 amide bonds. The third kappa shape index (κ3) is 4.33. The summed E-state index contributed by atoms with van der Waals surface area (Å²) in [6.07, 6.45) is 0.950. The maximum Gasteiger partial charge on any atom is 0.193 e. The zero-order valence-corrected chi connectivity index (χ0v) is 16.4. The number of hydrogen-bond acceptors (Lipinski definition) is 4. The average Bonchev–Trinajstić information content (AvgIpc) is 2.97. The summed E-state index contributed by atoms with van der Waals surface area (Å²) in [5.74, 6) is 0.760. The van der Waals surface area contributed by atoms with Crippen LogP contribution in [0, 0.1) is 19.7 Å². The number of piperazine rings is 1. The van der Waals surface area contributed by atoms with E-state index >= 15 is 0 Å². The highest BCUT2D eigenvalue weighted by Crippen LogP contribution is 2.20. The van der Waals surface area contributed by atoms with Gasteiger partial charge >= 0.3 is 0 Å². The van der Waals surface area contributed by atoms with E-state index in [0.29, 0.717) is 5.69 Å². The Kier molecular flexibility index (Phi) is 6.08. The molecule has 0 aliphatic carbocycles. The van der Waals surface area contributed by atoms with Gasteiger partial charge in [0.05, 0.1) is 16.4 Å². The van der Waals surface area contributed by atoms with Crippen LogP contribution >= 0.6 is 11.3 Å². The largest absolute Gasteiger partial charge is 0.366 e. The molecule has 0 bridgehead atoms. The van der Waals surface area contributed by atoms with Gasteiger partial charge in [0.1, 0.15) is 5.82 Å². The van der Waals surface area contributed by atoms with Crippen molar-refractivity contribution in [2.75, 3.05) is 44.7 Å². The molecule has 3 rings (SSSR count). The Morgan fingerprint density at radius 2 is 1.96 bits per heavy atom. The zero-order chi connectivity index (χ0) is 18.5. The molecule has 0 saturated carbocycles. The van der Waals surface area contributed by atoms with E-state index in [1.165, 1.54) is 10.9 Å². The highest BCUT2D eigenvalue weighted by Gasteiger charge is 2.21. The number of guanidine groups is 1. The minimum atomic E-state index is -0.154. The van der Waals surface area contributed by atoms with Crippen molar-refractivity contribution in [1.29, 1.82) is 0 Å². The number of thiazole rings is 1. The number of aryl methyl sites for hydroxylation is 2. The average molecular weight is 376 g/mol. The summed E-state index contributed by atoms with van der Waals surface area (Å²) in [4.78, 5) is 14.6. The number of aliphatic imine (C=N–C) groups is 1. The number of hydrogen-bond donors (Lipinski definition) is 1. The van der Waals surface area contributed by atoms with Crippen LogP contribution in [0.15, 0.2) is 29.3 Å². The van der Waals surface area contributed by atoms with E-state index in [-0.39, 0.29) is 5.82 Å². The maximum absolute atomic E-state index is 14.0. The van der Waals surface area contributed by atoms with Gasteiger partial charge in [0.25, 0.3) is 0 Å². The van der Waals surface area contributed by atoms with Gasteiger partial charge in [-0.05, 0) is 26.0 Å². The molecule has 0 atom stereocenters. The van der Waals surface area contributed by atoms with Crippen LogP contribution < -0.4 is 10.2 Å².